The molecule has 0 aliphatic rings. The molecule has 0 saturated carbocycles. The number of carboxylic acid groups (broad SMARTS) is 1. The second-order valence-electron chi connectivity index (χ2n) is 3.43. The molecule has 0 aromatic heterocycles. The van der Waals surface area contributed by atoms with Crippen LogP contribution in [0.3, 0.4) is 0 Å². The molecule has 0 bridgehead atoms. The SMILES string of the molecule is CCN(CC(=O)O)C(=O)C(C)(C)OC. The molecule has 14 heavy (non-hydrogen) atoms. The van der Waals surface area contributed by atoms with Gasteiger partial charge in [0, 0.05) is 13.7 Å². The number of nitrogens with zero attached hydrogens (tertiary/aromatic N) is 1. The van der Waals surface area contributed by atoms with Crippen LogP contribution in [0.15, 0.2) is 0 Å². The highest BCUT2D eigenvalue weighted by molar-refractivity contribution is 5.87. The molecule has 0 fully saturated rings. The van der Waals surface area contributed by atoms with Crippen molar-refractivity contribution in [3.8, 4) is 0 Å². The minimum absolute atomic E-state index is 0.290. The van der Waals surface area contributed by atoms with Gasteiger partial charge in [0.1, 0.15) is 12.1 Å². The lowest BCUT2D eigenvalue weighted by Crippen LogP contribution is -2.48. The fourth-order valence-electron chi connectivity index (χ4n) is 0.959. The normalized spacial score (nSPS) is 11.1. The summed E-state index contributed by atoms with van der Waals surface area (Å²) in [6.07, 6.45) is 0. The van der Waals surface area contributed by atoms with E-state index in [1.165, 1.54) is 12.0 Å². The van der Waals surface area contributed by atoms with Gasteiger partial charge >= 0.3 is 5.97 Å². The lowest BCUT2D eigenvalue weighted by molar-refractivity contribution is -0.155. The van der Waals surface area contributed by atoms with E-state index in [0.29, 0.717) is 6.54 Å². The Labute approximate surface area is 83.6 Å². The monoisotopic (exact) mass is 203 g/mol. The summed E-state index contributed by atoms with van der Waals surface area (Å²) in [5, 5.41) is 8.57. The van der Waals surface area contributed by atoms with E-state index in [2.05, 4.69) is 0 Å². The summed E-state index contributed by atoms with van der Waals surface area (Å²) < 4.78 is 4.98. The van der Waals surface area contributed by atoms with Crippen LogP contribution in [0, 0.1) is 0 Å². The number of hydrogen-bond donors (Lipinski definition) is 1. The minimum atomic E-state index is -1.02. The molecule has 0 spiro atoms. The predicted octanol–water partition coefficient (Wildman–Crippen LogP) is 0.344. The highest BCUT2D eigenvalue weighted by Gasteiger charge is 2.31. The summed E-state index contributed by atoms with van der Waals surface area (Å²) in [6, 6.07) is 0. The Morgan fingerprint density at radius 1 is 1.43 bits per heavy atom. The molecule has 5 nitrogen and oxygen atoms in total. The number of carboxylic acids is 1. The maximum absolute atomic E-state index is 11.7. The molecular formula is C9H17NO4. The number of amides is 1. The van der Waals surface area contributed by atoms with Crippen LogP contribution in [-0.4, -0.2) is 47.7 Å². The van der Waals surface area contributed by atoms with Gasteiger partial charge in [-0.3, -0.25) is 9.59 Å². The van der Waals surface area contributed by atoms with Crippen molar-refractivity contribution in [2.45, 2.75) is 26.4 Å². The molecule has 0 rings (SSSR count). The molecule has 1 N–H and O–H groups in total. The Bertz CT molecular complexity index is 225. The number of aliphatic carboxylic acids is 1. The van der Waals surface area contributed by atoms with Crippen LogP contribution in [0.2, 0.25) is 0 Å². The van der Waals surface area contributed by atoms with Gasteiger partial charge in [-0.1, -0.05) is 0 Å². The summed E-state index contributed by atoms with van der Waals surface area (Å²) in [6.45, 7) is 5.02. The van der Waals surface area contributed by atoms with Crippen LogP contribution in [0.25, 0.3) is 0 Å². The van der Waals surface area contributed by atoms with Crippen LogP contribution in [0.4, 0.5) is 0 Å². The van der Waals surface area contributed by atoms with Gasteiger partial charge in [0.25, 0.3) is 5.91 Å². The largest absolute Gasteiger partial charge is 0.480 e. The molecule has 0 aromatic carbocycles. The van der Waals surface area contributed by atoms with E-state index in [4.69, 9.17) is 9.84 Å². The van der Waals surface area contributed by atoms with Gasteiger partial charge in [-0.25, -0.2) is 0 Å². The van der Waals surface area contributed by atoms with E-state index < -0.39 is 11.6 Å². The lowest BCUT2D eigenvalue weighted by atomic mass is 10.1. The van der Waals surface area contributed by atoms with Crippen LogP contribution in [0.5, 0.6) is 0 Å². The first kappa shape index (κ1) is 12.9. The average molecular weight is 203 g/mol. The number of rotatable bonds is 5. The molecule has 0 heterocycles. The molecule has 5 heteroatoms. The lowest BCUT2D eigenvalue weighted by Gasteiger charge is -2.28. The molecule has 1 amide bonds. The number of carbonyl (C=O) groups is 2. The van der Waals surface area contributed by atoms with Crippen molar-refractivity contribution in [1.82, 2.24) is 4.90 Å². The first-order valence-electron chi connectivity index (χ1n) is 4.41. The maximum Gasteiger partial charge on any atom is 0.323 e. The zero-order valence-corrected chi connectivity index (χ0v) is 9.03. The van der Waals surface area contributed by atoms with Gasteiger partial charge in [0.2, 0.25) is 0 Å². The fraction of sp³-hybridized carbons (Fsp3) is 0.778. The summed E-state index contributed by atoms with van der Waals surface area (Å²) in [4.78, 5) is 23.4. The Morgan fingerprint density at radius 3 is 2.21 bits per heavy atom. The standard InChI is InChI=1S/C9H17NO4/c1-5-10(6-7(11)12)8(13)9(2,3)14-4/h5-6H2,1-4H3,(H,11,12). The molecule has 0 aromatic rings. The highest BCUT2D eigenvalue weighted by Crippen LogP contribution is 2.11. The van der Waals surface area contributed by atoms with Crippen LogP contribution in [-0.2, 0) is 14.3 Å². The van der Waals surface area contributed by atoms with Crippen molar-refractivity contribution in [2.24, 2.45) is 0 Å². The van der Waals surface area contributed by atoms with Gasteiger partial charge in [-0.15, -0.1) is 0 Å². The van der Waals surface area contributed by atoms with E-state index >= 15 is 0 Å². The Kier molecular flexibility index (Phi) is 4.56. The van der Waals surface area contributed by atoms with E-state index in [1.54, 1.807) is 20.8 Å². The molecule has 0 radical (unpaired) electrons. The van der Waals surface area contributed by atoms with E-state index in [1.807, 2.05) is 0 Å². The zero-order chi connectivity index (χ0) is 11.4. The van der Waals surface area contributed by atoms with Gasteiger partial charge in [0.15, 0.2) is 0 Å². The van der Waals surface area contributed by atoms with Crippen molar-refractivity contribution in [1.29, 1.82) is 0 Å². The number of hydrogen-bond acceptors (Lipinski definition) is 3. The Morgan fingerprint density at radius 2 is 1.93 bits per heavy atom. The number of methoxy groups -OCH3 is 1. The first-order valence-corrected chi connectivity index (χ1v) is 4.41. The fourth-order valence-corrected chi connectivity index (χ4v) is 0.959. The van der Waals surface area contributed by atoms with Crippen LogP contribution in [0.1, 0.15) is 20.8 Å². The van der Waals surface area contributed by atoms with Gasteiger partial charge in [0.05, 0.1) is 0 Å². The third-order valence-electron chi connectivity index (χ3n) is 2.02. The summed E-state index contributed by atoms with van der Waals surface area (Å²) in [7, 11) is 1.42. The second-order valence-corrected chi connectivity index (χ2v) is 3.43. The van der Waals surface area contributed by atoms with Crippen molar-refractivity contribution < 1.29 is 19.4 Å². The van der Waals surface area contributed by atoms with Crippen molar-refractivity contribution in [3.05, 3.63) is 0 Å². The summed E-state index contributed by atoms with van der Waals surface area (Å²) in [5.74, 6) is -1.34. The van der Waals surface area contributed by atoms with E-state index in [-0.39, 0.29) is 12.5 Å². The van der Waals surface area contributed by atoms with Crippen LogP contribution < -0.4 is 0 Å². The number of carbonyl (C=O) groups excluding carboxylic acids is 1. The topological polar surface area (TPSA) is 66.8 Å². The second kappa shape index (κ2) is 4.95. The van der Waals surface area contributed by atoms with Gasteiger partial charge in [-0.05, 0) is 20.8 Å². The smallest absolute Gasteiger partial charge is 0.323 e. The van der Waals surface area contributed by atoms with Crippen molar-refractivity contribution in [2.75, 3.05) is 20.2 Å². The molecular weight excluding hydrogens is 186 g/mol. The van der Waals surface area contributed by atoms with E-state index in [0.717, 1.165) is 0 Å². The Balaban J connectivity index is 4.54. The third kappa shape index (κ3) is 3.33. The molecule has 0 aliphatic carbocycles. The summed E-state index contributed by atoms with van der Waals surface area (Å²) in [5.41, 5.74) is -0.967. The highest BCUT2D eigenvalue weighted by atomic mass is 16.5. The van der Waals surface area contributed by atoms with Crippen molar-refractivity contribution >= 4 is 11.9 Å². The van der Waals surface area contributed by atoms with Gasteiger partial charge in [-0.2, -0.15) is 0 Å². The molecule has 0 unspecified atom stereocenters. The maximum atomic E-state index is 11.7. The quantitative estimate of drug-likeness (QED) is 0.700. The number of likely N-dealkylation sites (N-methyl/N-ethyl adjacent to an activating group) is 1. The molecule has 0 atom stereocenters. The Hall–Kier alpha value is -1.10. The van der Waals surface area contributed by atoms with E-state index in [9.17, 15) is 9.59 Å². The zero-order valence-electron chi connectivity index (χ0n) is 9.03. The average Bonchev–Trinajstić information content (AvgIpc) is 2.12. The van der Waals surface area contributed by atoms with Crippen molar-refractivity contribution in [3.63, 3.8) is 0 Å². The summed E-state index contributed by atoms with van der Waals surface area (Å²) >= 11 is 0. The number of ether oxygens (including phenoxy) is 1. The third-order valence-corrected chi connectivity index (χ3v) is 2.02. The minimum Gasteiger partial charge on any atom is -0.480 e. The molecule has 0 aliphatic heterocycles. The van der Waals surface area contributed by atoms with Crippen LogP contribution >= 0.6 is 0 Å². The molecule has 82 valence electrons. The van der Waals surface area contributed by atoms with Gasteiger partial charge < -0.3 is 14.7 Å². The molecule has 0 saturated heterocycles. The first-order chi connectivity index (χ1) is 6.35. The predicted molar refractivity (Wildman–Crippen MR) is 51.0 cm³/mol.